The van der Waals surface area contributed by atoms with Gasteiger partial charge >= 0.3 is 0 Å². The fourth-order valence-electron chi connectivity index (χ4n) is 3.19. The van der Waals surface area contributed by atoms with Crippen LogP contribution in [0.5, 0.6) is 5.75 Å². The SMILES string of the molecule is Cc1ccc2c(c1)OC(C)(C)C[C@H]2NC(=O)CSCc1ccccc1Cl. The minimum atomic E-state index is -0.302. The summed E-state index contributed by atoms with van der Waals surface area (Å²) in [5.74, 6) is 2.04. The van der Waals surface area contributed by atoms with Crippen LogP contribution in [0.2, 0.25) is 5.02 Å². The first-order valence-electron chi connectivity index (χ1n) is 8.74. The largest absolute Gasteiger partial charge is 0.487 e. The van der Waals surface area contributed by atoms with Crippen LogP contribution in [-0.4, -0.2) is 17.3 Å². The van der Waals surface area contributed by atoms with E-state index in [2.05, 4.69) is 31.3 Å². The van der Waals surface area contributed by atoms with Crippen LogP contribution in [0.4, 0.5) is 0 Å². The van der Waals surface area contributed by atoms with E-state index in [0.29, 0.717) is 5.75 Å². The number of hydrogen-bond donors (Lipinski definition) is 1. The van der Waals surface area contributed by atoms with Gasteiger partial charge in [0.1, 0.15) is 11.4 Å². The van der Waals surface area contributed by atoms with Gasteiger partial charge in [0.15, 0.2) is 0 Å². The molecular formula is C21H24ClNO2S. The molecule has 0 bridgehead atoms. The highest BCUT2D eigenvalue weighted by Crippen LogP contribution is 2.39. The van der Waals surface area contributed by atoms with Crippen LogP contribution in [0.25, 0.3) is 0 Å². The fourth-order valence-corrected chi connectivity index (χ4v) is 4.32. The van der Waals surface area contributed by atoms with Gasteiger partial charge in [-0.05, 0) is 44.0 Å². The number of halogens is 1. The third-order valence-electron chi connectivity index (χ3n) is 4.41. The molecule has 2 aromatic carbocycles. The van der Waals surface area contributed by atoms with Crippen LogP contribution in [0.3, 0.4) is 0 Å². The molecule has 0 spiro atoms. The monoisotopic (exact) mass is 389 g/mol. The summed E-state index contributed by atoms with van der Waals surface area (Å²) in [6.45, 7) is 6.16. The number of nitrogens with one attached hydrogen (secondary N) is 1. The summed E-state index contributed by atoms with van der Waals surface area (Å²) in [6, 6.07) is 13.9. The van der Waals surface area contributed by atoms with Gasteiger partial charge in [-0.1, -0.05) is 41.9 Å². The number of benzene rings is 2. The Morgan fingerprint density at radius 2 is 2.08 bits per heavy atom. The number of thioether (sulfide) groups is 1. The van der Waals surface area contributed by atoms with Gasteiger partial charge in [0.25, 0.3) is 0 Å². The molecule has 26 heavy (non-hydrogen) atoms. The molecule has 1 aliphatic rings. The maximum atomic E-state index is 12.5. The summed E-state index contributed by atoms with van der Waals surface area (Å²) >= 11 is 7.74. The van der Waals surface area contributed by atoms with E-state index in [4.69, 9.17) is 16.3 Å². The van der Waals surface area contributed by atoms with Crippen molar-refractivity contribution in [2.45, 2.75) is 44.6 Å². The molecule has 0 unspecified atom stereocenters. The highest BCUT2D eigenvalue weighted by molar-refractivity contribution is 7.99. The molecule has 0 fully saturated rings. The number of aryl methyl sites for hydroxylation is 1. The van der Waals surface area contributed by atoms with Crippen molar-refractivity contribution in [3.8, 4) is 5.75 Å². The van der Waals surface area contributed by atoms with E-state index in [1.807, 2.05) is 37.3 Å². The molecule has 1 atom stereocenters. The van der Waals surface area contributed by atoms with Crippen molar-refractivity contribution in [2.24, 2.45) is 0 Å². The van der Waals surface area contributed by atoms with Crippen molar-refractivity contribution in [1.82, 2.24) is 5.32 Å². The number of hydrogen-bond acceptors (Lipinski definition) is 3. The lowest BCUT2D eigenvalue weighted by molar-refractivity contribution is -0.119. The van der Waals surface area contributed by atoms with Crippen molar-refractivity contribution in [3.63, 3.8) is 0 Å². The smallest absolute Gasteiger partial charge is 0.230 e. The number of rotatable bonds is 5. The van der Waals surface area contributed by atoms with Gasteiger partial charge in [-0.2, -0.15) is 0 Å². The van der Waals surface area contributed by atoms with Gasteiger partial charge in [-0.15, -0.1) is 11.8 Å². The number of carbonyl (C=O) groups excluding carboxylic acids is 1. The van der Waals surface area contributed by atoms with Crippen LogP contribution < -0.4 is 10.1 Å². The first kappa shape index (κ1) is 19.1. The van der Waals surface area contributed by atoms with Crippen LogP contribution in [0, 0.1) is 6.92 Å². The lowest BCUT2D eigenvalue weighted by Crippen LogP contribution is -2.41. The molecule has 1 amide bonds. The zero-order valence-corrected chi connectivity index (χ0v) is 16.9. The Labute approximate surface area is 164 Å². The Morgan fingerprint density at radius 1 is 1.31 bits per heavy atom. The minimum Gasteiger partial charge on any atom is -0.487 e. The quantitative estimate of drug-likeness (QED) is 0.753. The van der Waals surface area contributed by atoms with Gasteiger partial charge in [-0.25, -0.2) is 0 Å². The molecule has 2 aromatic rings. The van der Waals surface area contributed by atoms with E-state index >= 15 is 0 Å². The van der Waals surface area contributed by atoms with Gasteiger partial charge < -0.3 is 10.1 Å². The summed E-state index contributed by atoms with van der Waals surface area (Å²) in [7, 11) is 0. The van der Waals surface area contributed by atoms with Crippen molar-refractivity contribution >= 4 is 29.3 Å². The van der Waals surface area contributed by atoms with E-state index in [-0.39, 0.29) is 17.6 Å². The molecule has 1 heterocycles. The molecule has 0 aromatic heterocycles. The normalized spacial score (nSPS) is 17.9. The Morgan fingerprint density at radius 3 is 2.85 bits per heavy atom. The molecule has 1 aliphatic heterocycles. The second kappa shape index (κ2) is 7.93. The molecule has 0 aliphatic carbocycles. The fraction of sp³-hybridized carbons (Fsp3) is 0.381. The van der Waals surface area contributed by atoms with Gasteiger partial charge in [-0.3, -0.25) is 4.79 Å². The molecule has 138 valence electrons. The predicted octanol–water partition coefficient (Wildman–Crippen LogP) is 5.30. The molecule has 0 radical (unpaired) electrons. The Balaban J connectivity index is 1.61. The van der Waals surface area contributed by atoms with Gasteiger partial charge in [0.05, 0.1) is 11.8 Å². The van der Waals surface area contributed by atoms with Crippen molar-refractivity contribution < 1.29 is 9.53 Å². The van der Waals surface area contributed by atoms with Crippen LogP contribution in [0.1, 0.15) is 43.0 Å². The van der Waals surface area contributed by atoms with Crippen molar-refractivity contribution in [1.29, 1.82) is 0 Å². The lowest BCUT2D eigenvalue weighted by Gasteiger charge is -2.38. The van der Waals surface area contributed by atoms with Crippen molar-refractivity contribution in [3.05, 3.63) is 64.2 Å². The molecule has 5 heteroatoms. The molecule has 0 saturated carbocycles. The van der Waals surface area contributed by atoms with Gasteiger partial charge in [0, 0.05) is 22.8 Å². The minimum absolute atomic E-state index is 0.0252. The average Bonchev–Trinajstić information content (AvgIpc) is 2.55. The topological polar surface area (TPSA) is 38.3 Å². The highest BCUT2D eigenvalue weighted by Gasteiger charge is 2.34. The van der Waals surface area contributed by atoms with E-state index < -0.39 is 0 Å². The first-order valence-corrected chi connectivity index (χ1v) is 10.3. The molecule has 3 nitrogen and oxygen atoms in total. The number of ether oxygens (including phenoxy) is 1. The number of carbonyl (C=O) groups is 1. The molecular weight excluding hydrogens is 366 g/mol. The standard InChI is InChI=1S/C21H24ClNO2S/c1-14-8-9-16-18(11-21(2,3)25-19(16)10-14)23-20(24)13-26-12-15-6-4-5-7-17(15)22/h4-10,18H,11-13H2,1-3H3,(H,23,24)/t18-/m1/s1. The third-order valence-corrected chi connectivity index (χ3v) is 5.76. The summed E-state index contributed by atoms with van der Waals surface area (Å²) < 4.78 is 6.09. The maximum Gasteiger partial charge on any atom is 0.230 e. The van der Waals surface area contributed by atoms with E-state index in [1.54, 1.807) is 11.8 Å². The number of amides is 1. The number of fused-ring (bicyclic) bond motifs is 1. The highest BCUT2D eigenvalue weighted by atomic mass is 35.5. The summed E-state index contributed by atoms with van der Waals surface area (Å²) in [5.41, 5.74) is 2.96. The summed E-state index contributed by atoms with van der Waals surface area (Å²) in [4.78, 5) is 12.5. The van der Waals surface area contributed by atoms with E-state index in [1.165, 1.54) is 0 Å². The lowest BCUT2D eigenvalue weighted by atomic mass is 9.89. The third kappa shape index (κ3) is 4.74. The van der Waals surface area contributed by atoms with Crippen LogP contribution in [0.15, 0.2) is 42.5 Å². The zero-order valence-electron chi connectivity index (χ0n) is 15.3. The Kier molecular flexibility index (Phi) is 5.83. The second-order valence-electron chi connectivity index (χ2n) is 7.31. The van der Waals surface area contributed by atoms with Crippen molar-refractivity contribution in [2.75, 3.05) is 5.75 Å². The zero-order chi connectivity index (χ0) is 18.7. The van der Waals surface area contributed by atoms with Crippen LogP contribution in [-0.2, 0) is 10.5 Å². The molecule has 1 N–H and O–H groups in total. The van der Waals surface area contributed by atoms with E-state index in [0.717, 1.165) is 39.6 Å². The maximum absolute atomic E-state index is 12.5. The summed E-state index contributed by atoms with van der Waals surface area (Å²) in [5, 5.41) is 3.92. The van der Waals surface area contributed by atoms with E-state index in [9.17, 15) is 4.79 Å². The first-order chi connectivity index (χ1) is 12.3. The second-order valence-corrected chi connectivity index (χ2v) is 8.70. The molecule has 0 saturated heterocycles. The van der Waals surface area contributed by atoms with Crippen LogP contribution >= 0.6 is 23.4 Å². The Hall–Kier alpha value is -1.65. The average molecular weight is 390 g/mol. The summed E-state index contributed by atoms with van der Waals surface area (Å²) in [6.07, 6.45) is 0.754. The Bertz CT molecular complexity index is 806. The van der Waals surface area contributed by atoms with Gasteiger partial charge in [0.2, 0.25) is 5.91 Å². The predicted molar refractivity (Wildman–Crippen MR) is 109 cm³/mol. The molecule has 3 rings (SSSR count).